The summed E-state index contributed by atoms with van der Waals surface area (Å²) >= 11 is 0. The van der Waals surface area contributed by atoms with Gasteiger partial charge in [-0.3, -0.25) is 39.1 Å². The van der Waals surface area contributed by atoms with Gasteiger partial charge >= 0.3 is 0 Å². The van der Waals surface area contributed by atoms with E-state index in [4.69, 9.17) is 12.8 Å². The molecule has 526 valence electrons. The Morgan fingerprint density at radius 2 is 0.705 bits per heavy atom. The van der Waals surface area contributed by atoms with Crippen LogP contribution < -0.4 is 19.6 Å². The van der Waals surface area contributed by atoms with Crippen LogP contribution in [0.15, 0.2) is 280 Å². The first-order chi connectivity index (χ1) is 51.0. The third-order valence-electron chi connectivity index (χ3n) is 17.1. The SMILES string of the molecule is C#Cc1cccc(C(=O)Cc2cc(F)cc(N(C)c3cccnc3)c2)c1.C#Cc1cccc(C(=O)Cc2cccc(N(CC)c3cccnc3)c2)c1.CCCCN(c1cccnc1)c1cccc(CC(=O)c2cccc(C)c2)c1.CCN(c1cccnc1)c1cc(F)cc(CC(=O)c2cccc(C)c2)c1. The van der Waals surface area contributed by atoms with Crippen molar-refractivity contribution in [2.45, 2.75) is 73.1 Å². The molecule has 0 radical (unpaired) electrons. The predicted octanol–water partition coefficient (Wildman–Crippen LogP) is 19.9. The Kier molecular flexibility index (Phi) is 28.3. The van der Waals surface area contributed by atoms with Crippen molar-refractivity contribution < 1.29 is 28.0 Å². The summed E-state index contributed by atoms with van der Waals surface area (Å²) in [6.07, 6.45) is 28.1. The Labute approximate surface area is 615 Å². The number of hydrogen-bond donors (Lipinski definition) is 0. The standard InChI is InChI=1S/C24H26N2O.C23H20N2O.C22H17FN2O.C22H21FN2O/c1-3-4-14-26(23-12-7-13-25-18-23)22-11-6-9-20(16-22)17-24(27)21-10-5-8-19(2)15-21;1-3-18-8-5-10-20(14-18)23(26)16-19-9-6-11-21(15-19)25(4-2)22-12-7-13-24-17-22;1-3-16-6-4-7-18(10-16)22(26)13-17-11-19(23)14-21(12-17)25(2)20-8-5-9-24-15-20;1-3-25(20-8-5-9-24-15-20)21-12-17(11-19(23)14-21)13-22(26)18-7-4-6-16(2)10-18/h5-13,15-16,18H,3-4,14,17H2,1-2H3;1,5-15,17H,4,16H2,2H3;1,4-12,14-15H,13H2,2H3;4-12,14-15H,3,13H2,1-2H3. The number of Topliss-reactive ketones (excluding diaryl/α,β-unsaturated/α-hetero) is 4. The monoisotopic (exact) mass is 1390 g/mol. The molecule has 0 spiro atoms. The zero-order valence-corrected chi connectivity index (χ0v) is 60.0. The molecule has 0 amide bonds. The third-order valence-corrected chi connectivity index (χ3v) is 17.1. The number of aryl methyl sites for hydroxylation is 2. The lowest BCUT2D eigenvalue weighted by Crippen LogP contribution is -2.18. The summed E-state index contributed by atoms with van der Waals surface area (Å²) in [5, 5.41) is 0. The van der Waals surface area contributed by atoms with Crippen LogP contribution in [0.25, 0.3) is 0 Å². The highest BCUT2D eigenvalue weighted by molar-refractivity contribution is 6.00. The number of aromatic nitrogens is 4. The van der Waals surface area contributed by atoms with Crippen LogP contribution in [-0.4, -0.2) is 69.8 Å². The molecule has 0 saturated carbocycles. The van der Waals surface area contributed by atoms with Crippen LogP contribution in [0.2, 0.25) is 0 Å². The number of rotatable bonds is 25. The number of hydrogen-bond acceptors (Lipinski definition) is 12. The molecule has 0 fully saturated rings. The molecule has 8 aromatic carbocycles. The highest BCUT2D eigenvalue weighted by atomic mass is 19.1. The van der Waals surface area contributed by atoms with E-state index in [0.717, 1.165) is 93.4 Å². The topological polar surface area (TPSA) is 133 Å². The lowest BCUT2D eigenvalue weighted by molar-refractivity contribution is 0.0984. The maximum Gasteiger partial charge on any atom is 0.167 e. The fourth-order valence-electron chi connectivity index (χ4n) is 11.8. The molecular weight excluding hydrogens is 1310 g/mol. The van der Waals surface area contributed by atoms with Crippen LogP contribution in [0, 0.1) is 50.2 Å². The Morgan fingerprint density at radius 3 is 1.10 bits per heavy atom. The van der Waals surface area contributed by atoms with Crippen molar-refractivity contribution in [1.82, 2.24) is 19.9 Å². The molecule has 0 bridgehead atoms. The Balaban J connectivity index is 0.000000162. The van der Waals surface area contributed by atoms with Crippen LogP contribution >= 0.6 is 0 Å². The summed E-state index contributed by atoms with van der Waals surface area (Å²) in [7, 11) is 1.83. The Hall–Kier alpha value is -12.8. The number of benzene rings is 8. The predicted molar refractivity (Wildman–Crippen MR) is 421 cm³/mol. The molecule has 4 aromatic heterocycles. The van der Waals surface area contributed by atoms with Gasteiger partial charge in [0.25, 0.3) is 0 Å². The summed E-state index contributed by atoms with van der Waals surface area (Å²) in [5.41, 5.74) is 16.7. The minimum Gasteiger partial charge on any atom is -0.343 e. The van der Waals surface area contributed by atoms with Gasteiger partial charge in [0, 0.05) is 133 Å². The lowest BCUT2D eigenvalue weighted by atomic mass is 10.0. The molecule has 0 saturated heterocycles. The molecule has 0 aliphatic rings. The molecular formula is C91H84F2N8O4. The molecule has 0 atom stereocenters. The zero-order chi connectivity index (χ0) is 74.5. The number of carbonyl (C=O) groups is 4. The van der Waals surface area contributed by atoms with Crippen LogP contribution in [0.5, 0.6) is 0 Å². The number of ketones is 4. The van der Waals surface area contributed by atoms with E-state index in [9.17, 15) is 28.0 Å². The number of unbranched alkanes of at least 4 members (excludes halogenated alkanes) is 1. The number of carbonyl (C=O) groups excluding carboxylic acids is 4. The second-order valence-corrected chi connectivity index (χ2v) is 25.0. The number of terminal acetylenes is 2. The van der Waals surface area contributed by atoms with Gasteiger partial charge in [-0.05, 0) is 202 Å². The highest BCUT2D eigenvalue weighted by Crippen LogP contribution is 2.31. The molecule has 0 unspecified atom stereocenters. The summed E-state index contributed by atoms with van der Waals surface area (Å²) in [6, 6.07) is 70.5. The molecule has 0 N–H and O–H groups in total. The van der Waals surface area contributed by atoms with Crippen LogP contribution in [0.4, 0.5) is 54.3 Å². The van der Waals surface area contributed by atoms with Crippen LogP contribution in [0.1, 0.15) is 120 Å². The molecule has 105 heavy (non-hydrogen) atoms. The Morgan fingerprint density at radius 1 is 0.362 bits per heavy atom. The first kappa shape index (κ1) is 76.4. The largest absolute Gasteiger partial charge is 0.343 e. The van der Waals surface area contributed by atoms with Gasteiger partial charge in [-0.1, -0.05) is 121 Å². The molecule has 12 nitrogen and oxygen atoms in total. The maximum absolute atomic E-state index is 14.2. The third kappa shape index (κ3) is 22.6. The molecule has 0 aliphatic carbocycles. The van der Waals surface area contributed by atoms with Gasteiger partial charge in [-0.25, -0.2) is 8.78 Å². The van der Waals surface area contributed by atoms with Gasteiger partial charge < -0.3 is 19.6 Å². The smallest absolute Gasteiger partial charge is 0.167 e. The molecule has 12 rings (SSSR count). The average Bonchev–Trinajstić information content (AvgIpc) is 0.838. The molecule has 12 aromatic rings. The quantitative estimate of drug-likeness (QED) is 0.0398. The van der Waals surface area contributed by atoms with E-state index in [1.807, 2.05) is 183 Å². The van der Waals surface area contributed by atoms with Crippen molar-refractivity contribution in [3.8, 4) is 24.7 Å². The summed E-state index contributed by atoms with van der Waals surface area (Å²) in [4.78, 5) is 75.3. The zero-order valence-electron chi connectivity index (χ0n) is 60.0. The maximum atomic E-state index is 14.2. The van der Waals surface area contributed by atoms with Crippen LogP contribution in [-0.2, 0) is 25.7 Å². The van der Waals surface area contributed by atoms with Gasteiger partial charge in [-0.2, -0.15) is 0 Å². The van der Waals surface area contributed by atoms with Gasteiger partial charge in [0.05, 0.1) is 47.5 Å². The average molecular weight is 1390 g/mol. The highest BCUT2D eigenvalue weighted by Gasteiger charge is 2.18. The minimum absolute atomic E-state index is 0.0188. The van der Waals surface area contributed by atoms with Crippen molar-refractivity contribution >= 4 is 68.6 Å². The van der Waals surface area contributed by atoms with E-state index >= 15 is 0 Å². The first-order valence-corrected chi connectivity index (χ1v) is 34.8. The van der Waals surface area contributed by atoms with Crippen LogP contribution in [0.3, 0.4) is 0 Å². The van der Waals surface area contributed by atoms with E-state index < -0.39 is 5.82 Å². The summed E-state index contributed by atoms with van der Waals surface area (Å²) < 4.78 is 28.3. The van der Waals surface area contributed by atoms with Crippen molar-refractivity contribution in [3.63, 3.8) is 0 Å². The number of anilines is 8. The fourth-order valence-corrected chi connectivity index (χ4v) is 11.8. The second kappa shape index (κ2) is 38.9. The molecule has 0 aliphatic heterocycles. The van der Waals surface area contributed by atoms with Crippen molar-refractivity contribution in [1.29, 1.82) is 0 Å². The summed E-state index contributed by atoms with van der Waals surface area (Å²) in [5.74, 6) is 4.43. The van der Waals surface area contributed by atoms with Crippen molar-refractivity contribution in [2.24, 2.45) is 0 Å². The van der Waals surface area contributed by atoms with Gasteiger partial charge in [0.15, 0.2) is 23.1 Å². The normalized spacial score (nSPS) is 10.4. The Bertz CT molecular complexity index is 4970. The number of pyridine rings is 4. The van der Waals surface area contributed by atoms with Crippen molar-refractivity contribution in [3.05, 3.63) is 358 Å². The number of nitrogens with zero attached hydrogens (tertiary/aromatic N) is 8. The second-order valence-electron chi connectivity index (χ2n) is 25.0. The first-order valence-electron chi connectivity index (χ1n) is 34.8. The lowest BCUT2D eigenvalue weighted by Gasteiger charge is -2.25. The van der Waals surface area contributed by atoms with Gasteiger partial charge in [-0.15, -0.1) is 12.8 Å². The molecule has 4 heterocycles. The van der Waals surface area contributed by atoms with E-state index in [2.05, 4.69) is 79.7 Å². The van der Waals surface area contributed by atoms with E-state index in [-0.39, 0.29) is 41.8 Å². The number of halogens is 2. The molecule has 14 heteroatoms. The van der Waals surface area contributed by atoms with E-state index in [1.54, 1.807) is 85.7 Å². The minimum atomic E-state index is -0.390. The van der Waals surface area contributed by atoms with Gasteiger partial charge in [0.1, 0.15) is 11.6 Å². The summed E-state index contributed by atoms with van der Waals surface area (Å²) in [6.45, 7) is 12.6. The van der Waals surface area contributed by atoms with E-state index in [1.165, 1.54) is 24.3 Å². The van der Waals surface area contributed by atoms with Crippen molar-refractivity contribution in [2.75, 3.05) is 46.3 Å². The van der Waals surface area contributed by atoms with Gasteiger partial charge in [0.2, 0.25) is 0 Å². The fraction of sp³-hybridized carbons (Fsp3) is 0.165. The van der Waals surface area contributed by atoms with E-state index in [0.29, 0.717) is 64.1 Å².